The summed E-state index contributed by atoms with van der Waals surface area (Å²) in [5, 5.41) is 3.79. The maximum absolute atomic E-state index is 12.3. The van der Waals surface area contributed by atoms with Crippen LogP contribution in [-0.4, -0.2) is 29.8 Å². The van der Waals surface area contributed by atoms with Crippen LogP contribution in [0.25, 0.3) is 0 Å². The van der Waals surface area contributed by atoms with Crippen LogP contribution < -0.4 is 0 Å². The van der Waals surface area contributed by atoms with Crippen LogP contribution >= 0.6 is 15.9 Å². The molecule has 1 aromatic heterocycles. The summed E-state index contributed by atoms with van der Waals surface area (Å²) in [5.41, 5.74) is 0.712. The fourth-order valence-corrected chi connectivity index (χ4v) is 2.38. The fourth-order valence-electron chi connectivity index (χ4n) is 1.87. The van der Waals surface area contributed by atoms with Gasteiger partial charge in [0, 0.05) is 11.6 Å². The summed E-state index contributed by atoms with van der Waals surface area (Å²) in [6.07, 6.45) is 0. The molecule has 0 N–H and O–H groups in total. The lowest BCUT2D eigenvalue weighted by molar-refractivity contribution is -0.144. The van der Waals surface area contributed by atoms with Crippen LogP contribution in [0.5, 0.6) is 0 Å². The van der Waals surface area contributed by atoms with Crippen LogP contribution in [0.15, 0.2) is 33.3 Å². The monoisotopic (exact) mass is 354 g/mol. The smallest absolute Gasteiger partial charge is 0.323 e. The van der Waals surface area contributed by atoms with Gasteiger partial charge >= 0.3 is 5.97 Å². The molecule has 0 bridgehead atoms. The molecule has 1 atom stereocenters. The first-order valence-electron chi connectivity index (χ1n) is 6.39. The van der Waals surface area contributed by atoms with E-state index >= 15 is 0 Å². The molecule has 2 rings (SSSR count). The number of nitrogens with zero attached hydrogens (tertiary/aromatic N) is 2. The molecule has 1 aromatic carbocycles. The van der Waals surface area contributed by atoms with Crippen LogP contribution in [0.2, 0.25) is 0 Å². The van der Waals surface area contributed by atoms with E-state index in [0.717, 1.165) is 4.47 Å². The van der Waals surface area contributed by atoms with Gasteiger partial charge in [0.25, 0.3) is 0 Å². The van der Waals surface area contributed by atoms with Crippen LogP contribution in [0.4, 0.5) is 0 Å². The van der Waals surface area contributed by atoms with E-state index < -0.39 is 11.9 Å². The molecule has 0 spiro atoms. The van der Waals surface area contributed by atoms with E-state index in [1.165, 1.54) is 7.11 Å². The molecule has 0 aliphatic heterocycles. The van der Waals surface area contributed by atoms with Gasteiger partial charge in [-0.05, 0) is 18.6 Å². The van der Waals surface area contributed by atoms with Crippen molar-refractivity contribution in [3.63, 3.8) is 0 Å². The summed E-state index contributed by atoms with van der Waals surface area (Å²) >= 11 is 3.43. The van der Waals surface area contributed by atoms with Gasteiger partial charge in [0.05, 0.1) is 6.61 Å². The summed E-state index contributed by atoms with van der Waals surface area (Å²) in [5.74, 6) is -0.628. The summed E-state index contributed by atoms with van der Waals surface area (Å²) in [6.45, 7) is 2.24. The van der Waals surface area contributed by atoms with Crippen molar-refractivity contribution >= 4 is 21.9 Å². The molecule has 6 nitrogen and oxygen atoms in total. The number of aromatic nitrogens is 2. The second-order valence-electron chi connectivity index (χ2n) is 4.19. The van der Waals surface area contributed by atoms with Crippen LogP contribution in [0.3, 0.4) is 0 Å². The zero-order valence-electron chi connectivity index (χ0n) is 11.7. The van der Waals surface area contributed by atoms with Crippen molar-refractivity contribution in [3.05, 3.63) is 46.0 Å². The number of benzene rings is 1. The van der Waals surface area contributed by atoms with Crippen LogP contribution in [-0.2, 0) is 20.9 Å². The molecule has 0 aliphatic carbocycles. The molecule has 0 fully saturated rings. The van der Waals surface area contributed by atoms with E-state index in [1.807, 2.05) is 24.3 Å². The van der Waals surface area contributed by atoms with E-state index in [9.17, 15) is 4.79 Å². The van der Waals surface area contributed by atoms with Gasteiger partial charge in [-0.1, -0.05) is 39.3 Å². The van der Waals surface area contributed by atoms with E-state index in [0.29, 0.717) is 11.4 Å². The second kappa shape index (κ2) is 7.33. The molecule has 7 heteroatoms. The van der Waals surface area contributed by atoms with Gasteiger partial charge in [-0.3, -0.25) is 4.79 Å². The Morgan fingerprint density at radius 1 is 1.43 bits per heavy atom. The quantitative estimate of drug-likeness (QED) is 0.742. The lowest BCUT2D eigenvalue weighted by atomic mass is 9.99. The van der Waals surface area contributed by atoms with Crippen molar-refractivity contribution in [2.24, 2.45) is 0 Å². The minimum absolute atomic E-state index is 0.187. The van der Waals surface area contributed by atoms with Crippen molar-refractivity contribution in [2.75, 3.05) is 13.7 Å². The lowest BCUT2D eigenvalue weighted by Crippen LogP contribution is -2.18. The van der Waals surface area contributed by atoms with Crippen LogP contribution in [0, 0.1) is 0 Å². The Morgan fingerprint density at radius 2 is 2.19 bits per heavy atom. The topological polar surface area (TPSA) is 74.5 Å². The third kappa shape index (κ3) is 3.68. The molecular formula is C14H15BrN2O4. The largest absolute Gasteiger partial charge is 0.465 e. The van der Waals surface area contributed by atoms with E-state index in [4.69, 9.17) is 14.0 Å². The number of methoxy groups -OCH3 is 1. The molecular weight excluding hydrogens is 340 g/mol. The number of halogens is 1. The Hall–Kier alpha value is -1.73. The maximum Gasteiger partial charge on any atom is 0.323 e. The highest BCUT2D eigenvalue weighted by molar-refractivity contribution is 9.10. The molecule has 0 amide bonds. The molecule has 0 aliphatic rings. The maximum atomic E-state index is 12.3. The average Bonchev–Trinajstić information content (AvgIpc) is 2.90. The molecule has 2 aromatic rings. The van der Waals surface area contributed by atoms with Gasteiger partial charge in [-0.25, -0.2) is 0 Å². The zero-order chi connectivity index (χ0) is 15.2. The third-order valence-corrected chi connectivity index (χ3v) is 3.46. The van der Waals surface area contributed by atoms with E-state index in [2.05, 4.69) is 26.1 Å². The van der Waals surface area contributed by atoms with Crippen LogP contribution in [0.1, 0.15) is 30.1 Å². The molecule has 112 valence electrons. The van der Waals surface area contributed by atoms with Gasteiger partial charge < -0.3 is 14.0 Å². The van der Waals surface area contributed by atoms with Gasteiger partial charge in [0.15, 0.2) is 11.7 Å². The van der Waals surface area contributed by atoms with Gasteiger partial charge in [-0.15, -0.1) is 0 Å². The highest BCUT2D eigenvalue weighted by Gasteiger charge is 2.31. The predicted octanol–water partition coefficient (Wildman–Crippen LogP) is 2.67. The predicted molar refractivity (Wildman–Crippen MR) is 77.6 cm³/mol. The summed E-state index contributed by atoms with van der Waals surface area (Å²) in [6, 6.07) is 7.35. The first-order chi connectivity index (χ1) is 10.2. The molecule has 21 heavy (non-hydrogen) atoms. The average molecular weight is 355 g/mol. The Kier molecular flexibility index (Phi) is 5.46. The number of hydrogen-bond acceptors (Lipinski definition) is 6. The van der Waals surface area contributed by atoms with Gasteiger partial charge in [0.2, 0.25) is 5.89 Å². The summed E-state index contributed by atoms with van der Waals surface area (Å²) in [4.78, 5) is 16.5. The minimum atomic E-state index is -0.765. The normalized spacial score (nSPS) is 12.1. The minimum Gasteiger partial charge on any atom is -0.465 e. The SMILES string of the molecule is CCOC(=O)C(c1nc(COC)no1)c1ccccc1Br. The fraction of sp³-hybridized carbons (Fsp3) is 0.357. The summed E-state index contributed by atoms with van der Waals surface area (Å²) in [7, 11) is 1.53. The molecule has 0 radical (unpaired) electrons. The molecule has 0 saturated heterocycles. The first-order valence-corrected chi connectivity index (χ1v) is 7.19. The van der Waals surface area contributed by atoms with Crippen molar-refractivity contribution in [3.8, 4) is 0 Å². The van der Waals surface area contributed by atoms with Crippen molar-refractivity contribution < 1.29 is 18.8 Å². The lowest BCUT2D eigenvalue weighted by Gasteiger charge is -2.13. The highest BCUT2D eigenvalue weighted by Crippen LogP contribution is 2.30. The number of rotatable bonds is 6. The number of carbonyl (C=O) groups excluding carboxylic acids is 1. The summed E-state index contributed by atoms with van der Waals surface area (Å²) < 4.78 is 16.0. The number of hydrogen-bond donors (Lipinski definition) is 0. The Bertz CT molecular complexity index is 615. The number of ether oxygens (including phenoxy) is 2. The number of carbonyl (C=O) groups is 1. The van der Waals surface area contributed by atoms with Gasteiger partial charge in [0.1, 0.15) is 6.61 Å². The second-order valence-corrected chi connectivity index (χ2v) is 5.04. The third-order valence-electron chi connectivity index (χ3n) is 2.74. The Labute approximate surface area is 130 Å². The van der Waals surface area contributed by atoms with Crippen molar-refractivity contribution in [1.29, 1.82) is 0 Å². The number of esters is 1. The standard InChI is InChI=1S/C14H15BrN2O4/c1-3-20-14(18)12(9-6-4-5-7-10(9)15)13-16-11(8-19-2)17-21-13/h4-7,12H,3,8H2,1-2H3. The van der Waals surface area contributed by atoms with Crippen molar-refractivity contribution in [2.45, 2.75) is 19.4 Å². The van der Waals surface area contributed by atoms with Gasteiger partial charge in [-0.2, -0.15) is 4.98 Å². The van der Waals surface area contributed by atoms with Crippen molar-refractivity contribution in [1.82, 2.24) is 10.1 Å². The Morgan fingerprint density at radius 3 is 2.86 bits per heavy atom. The Balaban J connectivity index is 2.40. The highest BCUT2D eigenvalue weighted by atomic mass is 79.9. The molecule has 1 unspecified atom stereocenters. The molecule has 0 saturated carbocycles. The van der Waals surface area contributed by atoms with E-state index in [-0.39, 0.29) is 19.1 Å². The first kappa shape index (κ1) is 15.7. The molecule has 1 heterocycles. The van der Waals surface area contributed by atoms with E-state index in [1.54, 1.807) is 6.92 Å². The zero-order valence-corrected chi connectivity index (χ0v) is 13.3.